The van der Waals surface area contributed by atoms with Crippen LogP contribution in [0.15, 0.2) is 0 Å². The molecule has 0 rings (SSSR count). The summed E-state index contributed by atoms with van der Waals surface area (Å²) in [6, 6.07) is -0.832. The van der Waals surface area contributed by atoms with Gasteiger partial charge in [0.1, 0.15) is 6.61 Å². The van der Waals surface area contributed by atoms with Gasteiger partial charge >= 0.3 is 6.03 Å². The molecule has 5 nitrogen and oxygen atoms in total. The van der Waals surface area contributed by atoms with Crippen molar-refractivity contribution in [3.63, 3.8) is 0 Å². The zero-order valence-corrected chi connectivity index (χ0v) is 7.20. The highest BCUT2D eigenvalue weighted by molar-refractivity contribution is 7.59. The van der Waals surface area contributed by atoms with Gasteiger partial charge in [0.05, 0.1) is 0 Å². The number of nitrogens with two attached hydrogens (primary N) is 1. The van der Waals surface area contributed by atoms with E-state index in [9.17, 15) is 9.59 Å². The van der Waals surface area contributed by atoms with Gasteiger partial charge in [-0.05, 0) is 6.92 Å². The zero-order chi connectivity index (χ0) is 8.15. The lowest BCUT2D eigenvalue weighted by molar-refractivity contribution is -0.130. The number of likely N-dealkylation sites (N-methyl/N-ethyl adjacent to an activating group) is 1. The van der Waals surface area contributed by atoms with Gasteiger partial charge in [0, 0.05) is 6.54 Å². The van der Waals surface area contributed by atoms with Crippen molar-refractivity contribution in [1.82, 2.24) is 4.90 Å². The third kappa shape index (κ3) is 3.84. The highest BCUT2D eigenvalue weighted by Crippen LogP contribution is 1.86. The van der Waals surface area contributed by atoms with Gasteiger partial charge in [-0.2, -0.15) is 13.5 Å². The Morgan fingerprint density at radius 1 is 1.55 bits per heavy atom. The molecule has 0 aromatic carbocycles. The maximum absolute atomic E-state index is 10.6. The second-order valence-electron chi connectivity index (χ2n) is 1.63. The third-order valence-corrected chi connectivity index (χ3v) is 1.02. The van der Waals surface area contributed by atoms with Crippen molar-refractivity contribution >= 4 is 25.4 Å². The zero-order valence-electron chi connectivity index (χ0n) is 6.20. The largest absolute Gasteiger partial charge is 0.387 e. The van der Waals surface area contributed by atoms with Crippen LogP contribution < -0.4 is 5.73 Å². The molecule has 3 N–H and O–H groups in total. The van der Waals surface area contributed by atoms with Gasteiger partial charge in [0.25, 0.3) is 5.91 Å². The summed E-state index contributed by atoms with van der Waals surface area (Å²) < 4.78 is 0. The van der Waals surface area contributed by atoms with E-state index in [-0.39, 0.29) is 20.0 Å². The van der Waals surface area contributed by atoms with Crippen molar-refractivity contribution < 1.29 is 14.7 Å². The lowest BCUT2D eigenvalue weighted by Gasteiger charge is -2.13. The lowest BCUT2D eigenvalue weighted by atomic mass is 10.5. The van der Waals surface area contributed by atoms with Crippen molar-refractivity contribution in [2.24, 2.45) is 5.73 Å². The Bertz CT molecular complexity index is 151. The monoisotopic (exact) mass is 180 g/mol. The van der Waals surface area contributed by atoms with Crippen LogP contribution in [-0.4, -0.2) is 35.1 Å². The average Bonchev–Trinajstić information content (AvgIpc) is 1.88. The Morgan fingerprint density at radius 2 is 2.00 bits per heavy atom. The van der Waals surface area contributed by atoms with E-state index in [1.54, 1.807) is 6.92 Å². The number of imide groups is 1. The summed E-state index contributed by atoms with van der Waals surface area (Å²) >= 11 is 0. The van der Waals surface area contributed by atoms with E-state index >= 15 is 0 Å². The van der Waals surface area contributed by atoms with Crippen LogP contribution in [0.25, 0.3) is 0 Å². The summed E-state index contributed by atoms with van der Waals surface area (Å²) in [6.07, 6.45) is 0. The Balaban J connectivity index is 0. The minimum absolute atomic E-state index is 0. The molecular formula is C5H12N2O3S. The van der Waals surface area contributed by atoms with Crippen molar-refractivity contribution in [2.75, 3.05) is 13.2 Å². The molecule has 3 amide bonds. The smallest absolute Gasteiger partial charge is 0.321 e. The maximum atomic E-state index is 10.6. The van der Waals surface area contributed by atoms with E-state index in [1.165, 1.54) is 0 Å². The predicted octanol–water partition coefficient (Wildman–Crippen LogP) is -0.981. The van der Waals surface area contributed by atoms with Gasteiger partial charge in [-0.25, -0.2) is 4.79 Å². The predicted molar refractivity (Wildman–Crippen MR) is 44.4 cm³/mol. The fourth-order valence-electron chi connectivity index (χ4n) is 0.540. The van der Waals surface area contributed by atoms with E-state index in [4.69, 9.17) is 10.8 Å². The number of hydrogen-bond acceptors (Lipinski definition) is 3. The first-order valence-electron chi connectivity index (χ1n) is 2.84. The number of primary amides is 1. The molecule has 0 bridgehead atoms. The first-order valence-corrected chi connectivity index (χ1v) is 2.84. The highest BCUT2D eigenvalue weighted by atomic mass is 32.1. The Hall–Kier alpha value is -0.750. The summed E-state index contributed by atoms with van der Waals surface area (Å²) in [5.74, 6) is -0.671. The molecule has 0 saturated heterocycles. The number of carbonyl (C=O) groups excluding carboxylic acids is 2. The summed E-state index contributed by atoms with van der Waals surface area (Å²) in [6.45, 7) is 1.10. The quantitative estimate of drug-likeness (QED) is 0.573. The first-order chi connectivity index (χ1) is 4.63. The minimum atomic E-state index is -0.832. The van der Waals surface area contributed by atoms with E-state index in [1.807, 2.05) is 0 Å². The molecule has 0 aromatic heterocycles. The van der Waals surface area contributed by atoms with Gasteiger partial charge < -0.3 is 10.8 Å². The summed E-state index contributed by atoms with van der Waals surface area (Å²) in [5.41, 5.74) is 4.78. The van der Waals surface area contributed by atoms with Gasteiger partial charge in [-0.15, -0.1) is 0 Å². The summed E-state index contributed by atoms with van der Waals surface area (Å²) in [4.78, 5) is 21.7. The molecule has 0 aliphatic heterocycles. The molecule has 66 valence electrons. The summed E-state index contributed by atoms with van der Waals surface area (Å²) in [7, 11) is 0. The van der Waals surface area contributed by atoms with E-state index in [0.29, 0.717) is 0 Å². The number of urea groups is 1. The van der Waals surface area contributed by atoms with E-state index in [0.717, 1.165) is 4.90 Å². The molecule has 6 heteroatoms. The van der Waals surface area contributed by atoms with Crippen LogP contribution in [-0.2, 0) is 4.79 Å². The number of carbonyl (C=O) groups is 2. The van der Waals surface area contributed by atoms with Gasteiger partial charge in [-0.1, -0.05) is 0 Å². The number of nitrogens with zero attached hydrogens (tertiary/aromatic N) is 1. The van der Waals surface area contributed by atoms with Crippen LogP contribution in [0.5, 0.6) is 0 Å². The Kier molecular flexibility index (Phi) is 7.02. The van der Waals surface area contributed by atoms with Crippen LogP contribution in [0.4, 0.5) is 4.79 Å². The topological polar surface area (TPSA) is 83.6 Å². The molecule has 0 radical (unpaired) electrons. The molecule has 0 spiro atoms. The molecule has 11 heavy (non-hydrogen) atoms. The first kappa shape index (κ1) is 12.9. The third-order valence-electron chi connectivity index (χ3n) is 1.02. The summed E-state index contributed by atoms with van der Waals surface area (Å²) in [5, 5.41) is 8.29. The van der Waals surface area contributed by atoms with Crippen LogP contribution in [0.2, 0.25) is 0 Å². The second-order valence-corrected chi connectivity index (χ2v) is 1.63. The van der Waals surface area contributed by atoms with Crippen LogP contribution in [0.3, 0.4) is 0 Å². The molecule has 0 saturated carbocycles. The highest BCUT2D eigenvalue weighted by Gasteiger charge is 2.14. The Labute approximate surface area is 71.6 Å². The van der Waals surface area contributed by atoms with Gasteiger partial charge in [0.2, 0.25) is 0 Å². The van der Waals surface area contributed by atoms with Crippen molar-refractivity contribution in [3.05, 3.63) is 0 Å². The number of rotatable bonds is 2. The van der Waals surface area contributed by atoms with Crippen LogP contribution in [0, 0.1) is 0 Å². The standard InChI is InChI=1S/C5H10N2O3.H2S/c1-2-7(5(6)10)4(9)3-8;/h8H,2-3H2,1H3,(H2,6,10);1H2. The molecule has 0 atom stereocenters. The maximum Gasteiger partial charge on any atom is 0.321 e. The number of amides is 3. The van der Waals surface area contributed by atoms with Crippen LogP contribution in [0.1, 0.15) is 6.92 Å². The molecule has 0 aliphatic rings. The lowest BCUT2D eigenvalue weighted by Crippen LogP contribution is -2.41. The second kappa shape index (κ2) is 5.99. The minimum Gasteiger partial charge on any atom is -0.387 e. The van der Waals surface area contributed by atoms with Crippen molar-refractivity contribution in [1.29, 1.82) is 0 Å². The van der Waals surface area contributed by atoms with Crippen molar-refractivity contribution in [2.45, 2.75) is 6.92 Å². The number of aliphatic hydroxyl groups is 1. The van der Waals surface area contributed by atoms with Gasteiger partial charge in [0.15, 0.2) is 0 Å². The SMILES string of the molecule is CCN(C(N)=O)C(=O)CO.S. The molecule has 0 aromatic rings. The molecule has 0 heterocycles. The van der Waals surface area contributed by atoms with E-state index in [2.05, 4.69) is 0 Å². The van der Waals surface area contributed by atoms with Crippen molar-refractivity contribution in [3.8, 4) is 0 Å². The number of aliphatic hydroxyl groups excluding tert-OH is 1. The molecule has 0 unspecified atom stereocenters. The molecule has 0 aliphatic carbocycles. The molecule has 0 fully saturated rings. The number of hydrogen-bond donors (Lipinski definition) is 2. The normalized spacial score (nSPS) is 8.18. The van der Waals surface area contributed by atoms with Crippen LogP contribution >= 0.6 is 13.5 Å². The average molecular weight is 180 g/mol. The fraction of sp³-hybridized carbons (Fsp3) is 0.600. The van der Waals surface area contributed by atoms with E-state index < -0.39 is 18.5 Å². The fourth-order valence-corrected chi connectivity index (χ4v) is 0.540. The van der Waals surface area contributed by atoms with Gasteiger partial charge in [-0.3, -0.25) is 9.69 Å². The Morgan fingerprint density at radius 3 is 2.09 bits per heavy atom. The molecular weight excluding hydrogens is 168 g/mol.